The van der Waals surface area contributed by atoms with Crippen LogP contribution in [0.5, 0.6) is 0 Å². The topological polar surface area (TPSA) is 61.4 Å². The van der Waals surface area contributed by atoms with Gasteiger partial charge in [-0.15, -0.1) is 0 Å². The highest BCUT2D eigenvalue weighted by Crippen LogP contribution is 2.32. The van der Waals surface area contributed by atoms with Gasteiger partial charge in [-0.1, -0.05) is 89.6 Å². The van der Waals surface area contributed by atoms with Gasteiger partial charge in [-0.2, -0.15) is 0 Å². The number of urea groups is 1. The van der Waals surface area contributed by atoms with E-state index in [4.69, 9.17) is 0 Å². The number of carbonyl (C=O) groups excluding carboxylic acids is 2. The Bertz CT molecular complexity index is 867. The molecule has 0 saturated carbocycles. The first-order valence-corrected chi connectivity index (χ1v) is 12.3. The molecule has 0 heterocycles. The molecule has 0 aromatic heterocycles. The smallest absolute Gasteiger partial charge is 0.321 e. The quantitative estimate of drug-likeness (QED) is 0.393. The van der Waals surface area contributed by atoms with Crippen molar-refractivity contribution < 1.29 is 9.59 Å². The van der Waals surface area contributed by atoms with Crippen LogP contribution < -0.4 is 10.6 Å². The predicted molar refractivity (Wildman–Crippen MR) is 138 cm³/mol. The Morgan fingerprint density at radius 2 is 1.45 bits per heavy atom. The maximum absolute atomic E-state index is 13.3. The zero-order valence-electron chi connectivity index (χ0n) is 21.2. The summed E-state index contributed by atoms with van der Waals surface area (Å²) in [5.41, 5.74) is 4.26. The fraction of sp³-hybridized carbons (Fsp3) is 0.500. The van der Waals surface area contributed by atoms with Crippen molar-refractivity contribution in [1.82, 2.24) is 10.2 Å². The molecule has 2 N–H and O–H groups in total. The van der Waals surface area contributed by atoms with E-state index in [-0.39, 0.29) is 24.4 Å². The maximum atomic E-state index is 13.3. The van der Waals surface area contributed by atoms with Gasteiger partial charge in [-0.25, -0.2) is 4.79 Å². The third kappa shape index (κ3) is 7.92. The molecule has 1 unspecified atom stereocenters. The first kappa shape index (κ1) is 26.4. The van der Waals surface area contributed by atoms with Crippen LogP contribution >= 0.6 is 0 Å². The van der Waals surface area contributed by atoms with Crippen LogP contribution in [-0.2, 0) is 4.79 Å². The second-order valence-electron chi connectivity index (χ2n) is 9.34. The van der Waals surface area contributed by atoms with E-state index < -0.39 is 0 Å². The van der Waals surface area contributed by atoms with Crippen LogP contribution in [0.2, 0.25) is 0 Å². The summed E-state index contributed by atoms with van der Waals surface area (Å²) in [6, 6.07) is 15.9. The van der Waals surface area contributed by atoms with Gasteiger partial charge in [-0.05, 0) is 41.9 Å². The van der Waals surface area contributed by atoms with Crippen molar-refractivity contribution in [2.24, 2.45) is 0 Å². The molecule has 180 valence electrons. The molecule has 0 radical (unpaired) electrons. The highest BCUT2D eigenvalue weighted by Gasteiger charge is 2.20. The SMILES string of the molecule is CCCCN(CCC(=O)NC(C)c1ccccc1)C(=O)Nc1c(C(C)C)cccc1C(C)C. The normalized spacial score (nSPS) is 12.0. The van der Waals surface area contributed by atoms with Crippen LogP contribution in [0.3, 0.4) is 0 Å². The van der Waals surface area contributed by atoms with Gasteiger partial charge in [0.15, 0.2) is 0 Å². The lowest BCUT2D eigenvalue weighted by atomic mass is 9.93. The third-order valence-corrected chi connectivity index (χ3v) is 5.96. The molecular weight excluding hydrogens is 410 g/mol. The Balaban J connectivity index is 2.09. The van der Waals surface area contributed by atoms with Crippen molar-refractivity contribution >= 4 is 17.6 Å². The van der Waals surface area contributed by atoms with Crippen molar-refractivity contribution in [3.8, 4) is 0 Å². The molecule has 0 aliphatic heterocycles. The van der Waals surface area contributed by atoms with E-state index in [2.05, 4.69) is 63.5 Å². The van der Waals surface area contributed by atoms with Crippen molar-refractivity contribution in [3.63, 3.8) is 0 Å². The molecule has 1 atom stereocenters. The van der Waals surface area contributed by atoms with Crippen LogP contribution in [0.15, 0.2) is 48.5 Å². The number of amides is 3. The molecule has 0 aliphatic carbocycles. The highest BCUT2D eigenvalue weighted by molar-refractivity contribution is 5.91. The summed E-state index contributed by atoms with van der Waals surface area (Å²) >= 11 is 0. The summed E-state index contributed by atoms with van der Waals surface area (Å²) < 4.78 is 0. The Hall–Kier alpha value is -2.82. The molecule has 3 amide bonds. The molecule has 0 aliphatic rings. The standard InChI is InChI=1S/C28H41N3O2/c1-7-8-18-31(19-17-26(32)29-22(6)23-13-10-9-11-14-23)28(33)30-27-24(20(2)3)15-12-16-25(27)21(4)5/h9-16,20-22H,7-8,17-19H2,1-6H3,(H,29,32)(H,30,33). The fourth-order valence-electron chi connectivity index (χ4n) is 3.92. The van der Waals surface area contributed by atoms with Gasteiger partial charge in [0.2, 0.25) is 5.91 Å². The van der Waals surface area contributed by atoms with E-state index >= 15 is 0 Å². The summed E-state index contributed by atoms with van der Waals surface area (Å²) in [6.45, 7) is 13.7. The average Bonchev–Trinajstić information content (AvgIpc) is 2.79. The number of anilines is 1. The summed E-state index contributed by atoms with van der Waals surface area (Å²) in [7, 11) is 0. The highest BCUT2D eigenvalue weighted by atomic mass is 16.2. The van der Waals surface area contributed by atoms with E-state index in [0.717, 1.165) is 35.2 Å². The van der Waals surface area contributed by atoms with E-state index in [9.17, 15) is 9.59 Å². The van der Waals surface area contributed by atoms with Gasteiger partial charge in [0.05, 0.1) is 6.04 Å². The van der Waals surface area contributed by atoms with Gasteiger partial charge in [0, 0.05) is 25.2 Å². The summed E-state index contributed by atoms with van der Waals surface area (Å²) in [4.78, 5) is 27.7. The lowest BCUT2D eigenvalue weighted by molar-refractivity contribution is -0.121. The number of nitrogens with zero attached hydrogens (tertiary/aromatic N) is 1. The lowest BCUT2D eigenvalue weighted by Gasteiger charge is -2.26. The Labute approximate surface area is 200 Å². The van der Waals surface area contributed by atoms with E-state index in [1.54, 1.807) is 4.90 Å². The first-order valence-electron chi connectivity index (χ1n) is 12.3. The minimum Gasteiger partial charge on any atom is -0.350 e. The Morgan fingerprint density at radius 1 is 0.848 bits per heavy atom. The molecule has 0 bridgehead atoms. The van der Waals surface area contributed by atoms with Gasteiger partial charge in [0.1, 0.15) is 0 Å². The molecule has 2 aromatic rings. The second kappa shape index (κ2) is 13.0. The second-order valence-corrected chi connectivity index (χ2v) is 9.34. The predicted octanol–water partition coefficient (Wildman–Crippen LogP) is 6.83. The number of carbonyl (C=O) groups is 2. The monoisotopic (exact) mass is 451 g/mol. The fourth-order valence-corrected chi connectivity index (χ4v) is 3.92. The number of rotatable bonds is 11. The van der Waals surface area contributed by atoms with E-state index in [0.29, 0.717) is 24.9 Å². The summed E-state index contributed by atoms with van der Waals surface area (Å²) in [5, 5.41) is 6.24. The molecule has 2 aromatic carbocycles. The van der Waals surface area contributed by atoms with Gasteiger partial charge in [0.25, 0.3) is 0 Å². The van der Waals surface area contributed by atoms with Crippen LogP contribution in [0.4, 0.5) is 10.5 Å². The number of para-hydroxylation sites is 1. The zero-order valence-corrected chi connectivity index (χ0v) is 21.2. The van der Waals surface area contributed by atoms with Crippen LogP contribution in [0, 0.1) is 0 Å². The maximum Gasteiger partial charge on any atom is 0.321 e. The largest absolute Gasteiger partial charge is 0.350 e. The third-order valence-electron chi connectivity index (χ3n) is 5.96. The van der Waals surface area contributed by atoms with Crippen LogP contribution in [0.1, 0.15) is 95.4 Å². The minimum absolute atomic E-state index is 0.0499. The molecule has 5 heteroatoms. The Morgan fingerprint density at radius 3 is 2.00 bits per heavy atom. The van der Waals surface area contributed by atoms with Crippen molar-refractivity contribution in [3.05, 3.63) is 65.2 Å². The van der Waals surface area contributed by atoms with Crippen LogP contribution in [-0.4, -0.2) is 29.9 Å². The minimum atomic E-state index is -0.137. The summed E-state index contributed by atoms with van der Waals surface area (Å²) in [6.07, 6.45) is 2.16. The molecule has 0 saturated heterocycles. The first-order chi connectivity index (χ1) is 15.7. The van der Waals surface area contributed by atoms with E-state index in [1.807, 2.05) is 37.3 Å². The number of hydrogen-bond donors (Lipinski definition) is 2. The molecule has 0 spiro atoms. The number of nitrogens with one attached hydrogen (secondary N) is 2. The number of benzene rings is 2. The zero-order chi connectivity index (χ0) is 24.4. The molecule has 0 fully saturated rings. The Kier molecular flexibility index (Phi) is 10.4. The molecule has 33 heavy (non-hydrogen) atoms. The molecule has 2 rings (SSSR count). The van der Waals surface area contributed by atoms with Gasteiger partial charge < -0.3 is 15.5 Å². The van der Waals surface area contributed by atoms with Crippen molar-refractivity contribution in [2.75, 3.05) is 18.4 Å². The van der Waals surface area contributed by atoms with Gasteiger partial charge in [-0.3, -0.25) is 4.79 Å². The average molecular weight is 452 g/mol. The van der Waals surface area contributed by atoms with Crippen LogP contribution in [0.25, 0.3) is 0 Å². The van der Waals surface area contributed by atoms with E-state index in [1.165, 1.54) is 0 Å². The lowest BCUT2D eigenvalue weighted by Crippen LogP contribution is -2.39. The molecular formula is C28H41N3O2. The number of hydrogen-bond acceptors (Lipinski definition) is 2. The summed E-state index contributed by atoms with van der Waals surface area (Å²) in [5.74, 6) is 0.549. The van der Waals surface area contributed by atoms with Crippen molar-refractivity contribution in [2.45, 2.75) is 78.7 Å². The molecule has 5 nitrogen and oxygen atoms in total. The number of unbranched alkanes of at least 4 members (excludes halogenated alkanes) is 1. The van der Waals surface area contributed by atoms with Crippen molar-refractivity contribution in [1.29, 1.82) is 0 Å². The van der Waals surface area contributed by atoms with Gasteiger partial charge >= 0.3 is 6.03 Å².